The van der Waals surface area contributed by atoms with Gasteiger partial charge in [-0.1, -0.05) is 149 Å². The quantitative estimate of drug-likeness (QED) is 0.107. The molecule has 0 aliphatic rings. The monoisotopic (exact) mass is 451 g/mol. The summed E-state index contributed by atoms with van der Waals surface area (Å²) in [5, 5.41) is 9.28. The highest BCUT2D eigenvalue weighted by atomic mass is 16.4. The summed E-state index contributed by atoms with van der Waals surface area (Å²) in [5.41, 5.74) is 6.61. The molecule has 3 N–H and O–H groups in total. The molecule has 0 aliphatic carbocycles. The van der Waals surface area contributed by atoms with Crippen LogP contribution < -0.4 is 5.73 Å². The molecular formula is C29H57NO2. The van der Waals surface area contributed by atoms with E-state index in [1.54, 1.807) is 0 Å². The molecule has 0 bridgehead atoms. The number of hydrogen-bond acceptors (Lipinski definition) is 2. The molecule has 0 fully saturated rings. The highest BCUT2D eigenvalue weighted by Crippen LogP contribution is 2.27. The van der Waals surface area contributed by atoms with Crippen LogP contribution in [0.5, 0.6) is 0 Å². The van der Waals surface area contributed by atoms with Crippen molar-refractivity contribution >= 4 is 5.97 Å². The Morgan fingerprint density at radius 1 is 0.625 bits per heavy atom. The second kappa shape index (κ2) is 22.0. The molecule has 0 aromatic rings. The minimum absolute atomic E-state index is 0.270. The summed E-state index contributed by atoms with van der Waals surface area (Å²) in [7, 11) is 0. The maximum Gasteiger partial charge on any atom is 0.331 e. The van der Waals surface area contributed by atoms with Gasteiger partial charge in [0.1, 0.15) is 0 Å². The first kappa shape index (κ1) is 31.2. The first-order chi connectivity index (χ1) is 15.4. The Kier molecular flexibility index (Phi) is 21.4. The molecule has 32 heavy (non-hydrogen) atoms. The minimum Gasteiger partial charge on any atom is -0.478 e. The van der Waals surface area contributed by atoms with Gasteiger partial charge in [0.15, 0.2) is 0 Å². The van der Waals surface area contributed by atoms with Gasteiger partial charge >= 0.3 is 5.97 Å². The van der Waals surface area contributed by atoms with Gasteiger partial charge in [-0.05, 0) is 19.3 Å². The van der Waals surface area contributed by atoms with Crippen molar-refractivity contribution in [3.8, 4) is 0 Å². The number of carboxylic acid groups (broad SMARTS) is 1. The Labute approximate surface area is 201 Å². The molecule has 0 saturated carbocycles. The molecule has 0 radical (unpaired) electrons. The van der Waals surface area contributed by atoms with E-state index in [0.717, 1.165) is 25.7 Å². The van der Waals surface area contributed by atoms with Crippen molar-refractivity contribution in [2.75, 3.05) is 0 Å². The second-order valence-corrected chi connectivity index (χ2v) is 10.3. The summed E-state index contributed by atoms with van der Waals surface area (Å²) in [6, 6.07) is 0. The summed E-state index contributed by atoms with van der Waals surface area (Å²) in [4.78, 5) is 11.3. The topological polar surface area (TPSA) is 63.3 Å². The number of aliphatic carboxylic acids is 1. The standard InChI is InChI=1S/C29H57NO2/c1-4-6-8-10-12-14-16-18-20-22-24-29(30,26-27(3)28(31)32)25-23-21-19-17-15-13-11-9-7-5-2/h3-26,30H2,1-2H3,(H,31,32). The number of hydrogen-bond donors (Lipinski definition) is 2. The maximum absolute atomic E-state index is 11.3. The molecule has 0 spiro atoms. The number of unbranched alkanes of at least 4 members (excludes halogenated alkanes) is 18. The van der Waals surface area contributed by atoms with Gasteiger partial charge < -0.3 is 10.8 Å². The zero-order valence-electron chi connectivity index (χ0n) is 21.9. The molecule has 0 amide bonds. The normalized spacial score (nSPS) is 11.7. The molecule has 3 nitrogen and oxygen atoms in total. The van der Waals surface area contributed by atoms with Crippen LogP contribution in [0.2, 0.25) is 0 Å². The second-order valence-electron chi connectivity index (χ2n) is 10.3. The average molecular weight is 452 g/mol. The molecular weight excluding hydrogens is 394 g/mol. The third kappa shape index (κ3) is 19.8. The Bertz CT molecular complexity index is 422. The smallest absolute Gasteiger partial charge is 0.331 e. The third-order valence-corrected chi connectivity index (χ3v) is 6.92. The van der Waals surface area contributed by atoms with Crippen LogP contribution in [0, 0.1) is 0 Å². The molecule has 0 saturated heterocycles. The van der Waals surface area contributed by atoms with E-state index in [4.69, 9.17) is 5.73 Å². The summed E-state index contributed by atoms with van der Waals surface area (Å²) in [6.45, 7) is 8.29. The van der Waals surface area contributed by atoms with Crippen LogP contribution in [0.1, 0.15) is 162 Å². The van der Waals surface area contributed by atoms with Crippen molar-refractivity contribution in [2.45, 2.75) is 167 Å². The van der Waals surface area contributed by atoms with Crippen molar-refractivity contribution in [1.29, 1.82) is 0 Å². The van der Waals surface area contributed by atoms with Gasteiger partial charge in [-0.15, -0.1) is 0 Å². The van der Waals surface area contributed by atoms with Crippen LogP contribution in [0.3, 0.4) is 0 Å². The fourth-order valence-corrected chi connectivity index (χ4v) is 4.73. The largest absolute Gasteiger partial charge is 0.478 e. The van der Waals surface area contributed by atoms with E-state index in [9.17, 15) is 9.90 Å². The van der Waals surface area contributed by atoms with Crippen molar-refractivity contribution < 1.29 is 9.90 Å². The van der Waals surface area contributed by atoms with Crippen LogP contribution in [0.15, 0.2) is 12.2 Å². The lowest BCUT2D eigenvalue weighted by Crippen LogP contribution is -2.40. The van der Waals surface area contributed by atoms with E-state index in [1.165, 1.54) is 116 Å². The Morgan fingerprint density at radius 3 is 1.19 bits per heavy atom. The highest BCUT2D eigenvalue weighted by molar-refractivity contribution is 5.85. The van der Waals surface area contributed by atoms with E-state index in [-0.39, 0.29) is 5.57 Å². The summed E-state index contributed by atoms with van der Waals surface area (Å²) in [6.07, 6.45) is 28.5. The Hall–Kier alpha value is -0.830. The molecule has 0 unspecified atom stereocenters. The molecule has 190 valence electrons. The lowest BCUT2D eigenvalue weighted by atomic mass is 9.82. The van der Waals surface area contributed by atoms with Gasteiger partial charge in [-0.25, -0.2) is 4.79 Å². The lowest BCUT2D eigenvalue weighted by molar-refractivity contribution is -0.133. The summed E-state index contributed by atoms with van der Waals surface area (Å²) < 4.78 is 0. The zero-order chi connectivity index (χ0) is 23.9. The number of carbonyl (C=O) groups is 1. The van der Waals surface area contributed by atoms with Crippen molar-refractivity contribution in [3.63, 3.8) is 0 Å². The van der Waals surface area contributed by atoms with Gasteiger partial charge in [-0.3, -0.25) is 0 Å². The molecule has 0 heterocycles. The lowest BCUT2D eigenvalue weighted by Gasteiger charge is -2.30. The number of rotatable bonds is 25. The van der Waals surface area contributed by atoms with Gasteiger partial charge in [0.25, 0.3) is 0 Å². The SMILES string of the molecule is C=C(CC(N)(CCCCCCCCCCCC)CCCCCCCCCCCC)C(=O)O. The molecule has 0 aromatic carbocycles. The first-order valence-corrected chi connectivity index (χ1v) is 14.1. The van der Waals surface area contributed by atoms with Crippen LogP contribution in [0.4, 0.5) is 0 Å². The predicted octanol–water partition coefficient (Wildman–Crippen LogP) is 9.34. The molecule has 0 atom stereocenters. The maximum atomic E-state index is 11.3. The van der Waals surface area contributed by atoms with Crippen molar-refractivity contribution in [2.24, 2.45) is 5.73 Å². The van der Waals surface area contributed by atoms with Gasteiger partial charge in [0, 0.05) is 11.1 Å². The molecule has 3 heteroatoms. The van der Waals surface area contributed by atoms with Gasteiger partial charge in [0.05, 0.1) is 0 Å². The van der Waals surface area contributed by atoms with E-state index >= 15 is 0 Å². The Morgan fingerprint density at radius 2 is 0.906 bits per heavy atom. The van der Waals surface area contributed by atoms with Crippen molar-refractivity contribution in [3.05, 3.63) is 12.2 Å². The first-order valence-electron chi connectivity index (χ1n) is 14.1. The average Bonchev–Trinajstić information content (AvgIpc) is 2.76. The minimum atomic E-state index is -0.897. The van der Waals surface area contributed by atoms with Crippen LogP contribution in [-0.2, 0) is 4.79 Å². The molecule has 0 aliphatic heterocycles. The van der Waals surface area contributed by atoms with Crippen LogP contribution >= 0.6 is 0 Å². The fourth-order valence-electron chi connectivity index (χ4n) is 4.73. The fraction of sp³-hybridized carbons (Fsp3) is 0.897. The van der Waals surface area contributed by atoms with Crippen LogP contribution in [-0.4, -0.2) is 16.6 Å². The van der Waals surface area contributed by atoms with Crippen molar-refractivity contribution in [1.82, 2.24) is 0 Å². The summed E-state index contributed by atoms with van der Waals surface area (Å²) >= 11 is 0. The zero-order valence-corrected chi connectivity index (χ0v) is 21.9. The third-order valence-electron chi connectivity index (χ3n) is 6.92. The van der Waals surface area contributed by atoms with Gasteiger partial charge in [0.2, 0.25) is 0 Å². The number of nitrogens with two attached hydrogens (primary N) is 1. The summed E-state index contributed by atoms with van der Waals surface area (Å²) in [5.74, 6) is -0.897. The Balaban J connectivity index is 4.02. The van der Waals surface area contributed by atoms with E-state index in [0.29, 0.717) is 6.42 Å². The van der Waals surface area contributed by atoms with E-state index in [1.807, 2.05) is 0 Å². The predicted molar refractivity (Wildman–Crippen MR) is 141 cm³/mol. The van der Waals surface area contributed by atoms with E-state index < -0.39 is 11.5 Å². The molecule has 0 aromatic heterocycles. The molecule has 0 rings (SSSR count). The number of carboxylic acids is 1. The van der Waals surface area contributed by atoms with Gasteiger partial charge in [-0.2, -0.15) is 0 Å². The van der Waals surface area contributed by atoms with Crippen LogP contribution in [0.25, 0.3) is 0 Å². The highest BCUT2D eigenvalue weighted by Gasteiger charge is 2.26. The van der Waals surface area contributed by atoms with E-state index in [2.05, 4.69) is 20.4 Å².